The number of rotatable bonds is 3. The molecule has 0 radical (unpaired) electrons. The highest BCUT2D eigenvalue weighted by Gasteiger charge is 2.46. The van der Waals surface area contributed by atoms with Crippen molar-refractivity contribution in [3.8, 4) is 0 Å². The van der Waals surface area contributed by atoms with Crippen LogP contribution in [-0.4, -0.2) is 34.6 Å². The number of nitrogens with zero attached hydrogens (tertiary/aromatic N) is 1. The van der Waals surface area contributed by atoms with E-state index in [1.165, 1.54) is 6.42 Å². The van der Waals surface area contributed by atoms with Crippen LogP contribution in [0.1, 0.15) is 39.5 Å². The van der Waals surface area contributed by atoms with Crippen LogP contribution in [0.3, 0.4) is 0 Å². The van der Waals surface area contributed by atoms with E-state index < -0.39 is 5.97 Å². The highest BCUT2D eigenvalue weighted by molar-refractivity contribution is 5.71. The van der Waals surface area contributed by atoms with Crippen LogP contribution in [0.2, 0.25) is 0 Å². The van der Waals surface area contributed by atoms with Gasteiger partial charge in [0.1, 0.15) is 0 Å². The lowest BCUT2D eigenvalue weighted by Crippen LogP contribution is -2.34. The highest BCUT2D eigenvalue weighted by Crippen LogP contribution is 2.39. The van der Waals surface area contributed by atoms with Gasteiger partial charge < -0.3 is 5.11 Å². The number of hydrogen-bond donors (Lipinski definition) is 1. The maximum Gasteiger partial charge on any atom is 0.308 e. The van der Waals surface area contributed by atoms with Crippen molar-refractivity contribution >= 4 is 5.97 Å². The smallest absolute Gasteiger partial charge is 0.308 e. The number of carbonyl (C=O) groups is 1. The van der Waals surface area contributed by atoms with Gasteiger partial charge in [-0.3, -0.25) is 9.69 Å². The summed E-state index contributed by atoms with van der Waals surface area (Å²) in [6, 6.07) is 0.866. The van der Waals surface area contributed by atoms with E-state index in [1.807, 2.05) is 0 Å². The molecule has 1 N–H and O–H groups in total. The molecule has 2 heterocycles. The van der Waals surface area contributed by atoms with Gasteiger partial charge in [0.05, 0.1) is 5.92 Å². The Labute approximate surface area is 91.5 Å². The molecule has 0 aromatic carbocycles. The predicted octanol–water partition coefficient (Wildman–Crippen LogP) is 1.97. The summed E-state index contributed by atoms with van der Waals surface area (Å²) in [6.45, 7) is 5.56. The van der Waals surface area contributed by atoms with Crippen LogP contribution < -0.4 is 0 Å². The zero-order chi connectivity index (χ0) is 11.0. The molecule has 2 rings (SSSR count). The summed E-state index contributed by atoms with van der Waals surface area (Å²) in [5, 5.41) is 9.19. The van der Waals surface area contributed by atoms with Crippen molar-refractivity contribution in [2.45, 2.75) is 51.6 Å². The van der Waals surface area contributed by atoms with Gasteiger partial charge >= 0.3 is 5.97 Å². The molecule has 86 valence electrons. The Balaban J connectivity index is 2.06. The topological polar surface area (TPSA) is 40.5 Å². The van der Waals surface area contributed by atoms with Crippen molar-refractivity contribution in [1.29, 1.82) is 0 Å². The second-order valence-electron chi connectivity index (χ2n) is 5.41. The Morgan fingerprint density at radius 1 is 1.53 bits per heavy atom. The number of aliphatic carboxylic acids is 1. The lowest BCUT2D eigenvalue weighted by atomic mass is 9.94. The molecule has 0 aromatic rings. The average Bonchev–Trinajstić information content (AvgIpc) is 2.66. The second kappa shape index (κ2) is 4.12. The van der Waals surface area contributed by atoms with Crippen LogP contribution in [0.25, 0.3) is 0 Å². The zero-order valence-corrected chi connectivity index (χ0v) is 9.65. The highest BCUT2D eigenvalue weighted by atomic mass is 16.4. The molecular formula is C12H21NO2. The number of carboxylic acid groups (broad SMARTS) is 1. The third-order valence-electron chi connectivity index (χ3n) is 3.86. The first-order chi connectivity index (χ1) is 7.09. The molecule has 2 aliphatic heterocycles. The van der Waals surface area contributed by atoms with E-state index in [4.69, 9.17) is 0 Å². The molecule has 0 bridgehead atoms. The lowest BCUT2D eigenvalue weighted by Gasteiger charge is -2.25. The molecule has 0 saturated carbocycles. The standard InChI is InChI=1S/C12H21NO2/c1-8(2)6-9-7-10(12(14)15)11-4-3-5-13(9)11/h8-11H,3-7H2,1-2H3,(H,14,15). The molecule has 3 heteroatoms. The molecule has 3 nitrogen and oxygen atoms in total. The Kier molecular flexibility index (Phi) is 3.01. The molecule has 2 aliphatic rings. The zero-order valence-electron chi connectivity index (χ0n) is 9.65. The number of hydrogen-bond acceptors (Lipinski definition) is 2. The summed E-state index contributed by atoms with van der Waals surface area (Å²) >= 11 is 0. The van der Waals surface area contributed by atoms with Crippen LogP contribution >= 0.6 is 0 Å². The third kappa shape index (κ3) is 2.03. The maximum atomic E-state index is 11.1. The summed E-state index contributed by atoms with van der Waals surface area (Å²) in [5.74, 6) is -0.0156. The minimum Gasteiger partial charge on any atom is -0.481 e. The Hall–Kier alpha value is -0.570. The van der Waals surface area contributed by atoms with Gasteiger partial charge in [-0.05, 0) is 38.1 Å². The monoisotopic (exact) mass is 211 g/mol. The van der Waals surface area contributed by atoms with E-state index in [-0.39, 0.29) is 5.92 Å². The fourth-order valence-electron chi connectivity index (χ4n) is 3.33. The summed E-state index contributed by atoms with van der Waals surface area (Å²) in [7, 11) is 0. The SMILES string of the molecule is CC(C)CC1CC(C(=O)O)C2CCCN12. The van der Waals surface area contributed by atoms with Crippen molar-refractivity contribution in [2.75, 3.05) is 6.54 Å². The average molecular weight is 211 g/mol. The van der Waals surface area contributed by atoms with E-state index in [9.17, 15) is 9.90 Å². The van der Waals surface area contributed by atoms with Gasteiger partial charge in [-0.2, -0.15) is 0 Å². The van der Waals surface area contributed by atoms with E-state index in [0.29, 0.717) is 18.0 Å². The molecule has 2 saturated heterocycles. The second-order valence-corrected chi connectivity index (χ2v) is 5.41. The van der Waals surface area contributed by atoms with Crippen LogP contribution in [-0.2, 0) is 4.79 Å². The Morgan fingerprint density at radius 3 is 2.87 bits per heavy atom. The predicted molar refractivity (Wildman–Crippen MR) is 58.7 cm³/mol. The molecular weight excluding hydrogens is 190 g/mol. The van der Waals surface area contributed by atoms with Gasteiger partial charge in [0.25, 0.3) is 0 Å². The van der Waals surface area contributed by atoms with Gasteiger partial charge in [0.2, 0.25) is 0 Å². The fraction of sp³-hybridized carbons (Fsp3) is 0.917. The van der Waals surface area contributed by atoms with E-state index in [1.54, 1.807) is 0 Å². The maximum absolute atomic E-state index is 11.1. The van der Waals surface area contributed by atoms with Crippen molar-refractivity contribution in [3.63, 3.8) is 0 Å². The summed E-state index contributed by atoms with van der Waals surface area (Å²) < 4.78 is 0. The van der Waals surface area contributed by atoms with Crippen molar-refractivity contribution in [2.24, 2.45) is 11.8 Å². The number of fused-ring (bicyclic) bond motifs is 1. The first-order valence-corrected chi connectivity index (χ1v) is 6.08. The molecule has 3 atom stereocenters. The van der Waals surface area contributed by atoms with E-state index >= 15 is 0 Å². The Bertz CT molecular complexity index is 252. The summed E-state index contributed by atoms with van der Waals surface area (Å²) in [5.41, 5.74) is 0. The first kappa shape index (κ1) is 10.9. The van der Waals surface area contributed by atoms with E-state index in [2.05, 4.69) is 18.7 Å². The summed E-state index contributed by atoms with van der Waals surface area (Å²) in [4.78, 5) is 13.6. The van der Waals surface area contributed by atoms with E-state index in [0.717, 1.165) is 25.8 Å². The molecule has 0 aliphatic carbocycles. The normalized spacial score (nSPS) is 36.1. The first-order valence-electron chi connectivity index (χ1n) is 6.08. The van der Waals surface area contributed by atoms with Crippen LogP contribution in [0, 0.1) is 11.8 Å². The van der Waals surface area contributed by atoms with Crippen LogP contribution in [0.15, 0.2) is 0 Å². The molecule has 0 spiro atoms. The van der Waals surface area contributed by atoms with Crippen LogP contribution in [0.5, 0.6) is 0 Å². The third-order valence-corrected chi connectivity index (χ3v) is 3.86. The van der Waals surface area contributed by atoms with Gasteiger partial charge in [-0.1, -0.05) is 13.8 Å². The van der Waals surface area contributed by atoms with Crippen molar-refractivity contribution < 1.29 is 9.90 Å². The van der Waals surface area contributed by atoms with Gasteiger partial charge in [0, 0.05) is 12.1 Å². The van der Waals surface area contributed by atoms with Gasteiger partial charge in [-0.25, -0.2) is 0 Å². The summed E-state index contributed by atoms with van der Waals surface area (Å²) in [6.07, 6.45) is 4.30. The quantitative estimate of drug-likeness (QED) is 0.776. The fourth-order valence-corrected chi connectivity index (χ4v) is 3.33. The molecule has 2 fully saturated rings. The minimum atomic E-state index is -0.585. The minimum absolute atomic E-state index is 0.101. The lowest BCUT2D eigenvalue weighted by molar-refractivity contribution is -0.142. The van der Waals surface area contributed by atoms with Crippen molar-refractivity contribution in [3.05, 3.63) is 0 Å². The van der Waals surface area contributed by atoms with Gasteiger partial charge in [-0.15, -0.1) is 0 Å². The van der Waals surface area contributed by atoms with Crippen LogP contribution in [0.4, 0.5) is 0 Å². The molecule has 15 heavy (non-hydrogen) atoms. The van der Waals surface area contributed by atoms with Gasteiger partial charge in [0.15, 0.2) is 0 Å². The molecule has 3 unspecified atom stereocenters. The number of carboxylic acids is 1. The molecule has 0 aromatic heterocycles. The molecule has 0 amide bonds. The Morgan fingerprint density at radius 2 is 2.27 bits per heavy atom. The van der Waals surface area contributed by atoms with Crippen molar-refractivity contribution in [1.82, 2.24) is 4.90 Å². The largest absolute Gasteiger partial charge is 0.481 e.